The molecule has 1 fully saturated rings. The molecule has 0 atom stereocenters. The quantitative estimate of drug-likeness (QED) is 0.863. The number of nitrogens with zero attached hydrogens (tertiary/aromatic N) is 1. The Hall–Kier alpha value is -1.87. The minimum absolute atomic E-state index is 1.15. The zero-order valence-corrected chi connectivity index (χ0v) is 12.6. The highest BCUT2D eigenvalue weighted by molar-refractivity contribution is 5.31. The third-order valence-corrected chi connectivity index (χ3v) is 4.34. The number of benzene rings is 1. The van der Waals surface area contributed by atoms with Gasteiger partial charge in [0.2, 0.25) is 0 Å². The lowest BCUT2D eigenvalue weighted by atomic mass is 10.1. The predicted molar refractivity (Wildman–Crippen MR) is 85.5 cm³/mol. The number of nitrogens with one attached hydrogen (secondary N) is 2. The van der Waals surface area contributed by atoms with Gasteiger partial charge in [0.1, 0.15) is 26.2 Å². The normalized spacial score (nSPS) is 16.1. The molecule has 3 rings (SSSR count). The summed E-state index contributed by atoms with van der Waals surface area (Å²) in [6.07, 6.45) is 4.51. The van der Waals surface area contributed by atoms with Crippen molar-refractivity contribution in [2.45, 2.75) is 12.8 Å². The van der Waals surface area contributed by atoms with Gasteiger partial charge in [0, 0.05) is 12.5 Å². The molecule has 2 N–H and O–H groups in total. The number of hydrogen-bond donors (Lipinski definition) is 1. The predicted octanol–water partition coefficient (Wildman–Crippen LogP) is 0.838. The van der Waals surface area contributed by atoms with E-state index < -0.39 is 0 Å². The molecule has 1 saturated heterocycles. The van der Waals surface area contributed by atoms with Gasteiger partial charge in [0.25, 0.3) is 5.82 Å². The Morgan fingerprint density at radius 3 is 2.43 bits per heavy atom. The van der Waals surface area contributed by atoms with Gasteiger partial charge >= 0.3 is 0 Å². The summed E-state index contributed by atoms with van der Waals surface area (Å²) in [5.74, 6) is 1.25. The van der Waals surface area contributed by atoms with E-state index in [9.17, 15) is 0 Å². The van der Waals surface area contributed by atoms with Gasteiger partial charge in [-0.05, 0) is 18.1 Å². The molecule has 1 aliphatic heterocycles. The second-order valence-electron chi connectivity index (χ2n) is 5.82. The maximum absolute atomic E-state index is 3.33. The van der Waals surface area contributed by atoms with E-state index in [-0.39, 0.29) is 0 Å². The van der Waals surface area contributed by atoms with Crippen molar-refractivity contribution in [3.63, 3.8) is 0 Å². The molecular weight excluding hydrogens is 258 g/mol. The van der Waals surface area contributed by atoms with Crippen molar-refractivity contribution in [2.24, 2.45) is 0 Å². The fourth-order valence-electron chi connectivity index (χ4n) is 3.08. The van der Waals surface area contributed by atoms with Crippen LogP contribution in [0.15, 0.2) is 54.7 Å². The molecule has 2 aromatic rings. The van der Waals surface area contributed by atoms with E-state index in [1.807, 2.05) is 12.3 Å². The first-order chi connectivity index (χ1) is 10.4. The Morgan fingerprint density at radius 1 is 0.952 bits per heavy atom. The molecule has 1 aromatic heterocycles. The van der Waals surface area contributed by atoms with Gasteiger partial charge < -0.3 is 4.90 Å². The third-order valence-electron chi connectivity index (χ3n) is 4.34. The Bertz CT molecular complexity index is 516. The Labute approximate surface area is 127 Å². The van der Waals surface area contributed by atoms with Crippen LogP contribution in [-0.2, 0) is 6.42 Å². The average molecular weight is 283 g/mol. The largest absolute Gasteiger partial charge is 0.328 e. The zero-order chi connectivity index (χ0) is 14.3. The van der Waals surface area contributed by atoms with E-state index in [0.717, 1.165) is 13.1 Å². The summed E-state index contributed by atoms with van der Waals surface area (Å²) < 4.78 is 0. The van der Waals surface area contributed by atoms with E-state index in [1.54, 1.807) is 4.90 Å². The maximum atomic E-state index is 3.33. The first kappa shape index (κ1) is 14.1. The number of hydrogen-bond acceptors (Lipinski definition) is 1. The van der Waals surface area contributed by atoms with Gasteiger partial charge in [-0.1, -0.05) is 36.4 Å². The van der Waals surface area contributed by atoms with Crippen LogP contribution in [0.25, 0.3) is 0 Å². The maximum Gasteiger partial charge on any atom is 0.274 e. The average Bonchev–Trinajstić information content (AvgIpc) is 2.57. The van der Waals surface area contributed by atoms with E-state index >= 15 is 0 Å². The molecule has 1 aromatic carbocycles. The van der Waals surface area contributed by atoms with Crippen LogP contribution in [0.1, 0.15) is 12.0 Å². The van der Waals surface area contributed by atoms with E-state index in [0.29, 0.717) is 0 Å². The first-order valence-corrected chi connectivity index (χ1v) is 8.01. The third kappa shape index (κ3) is 4.05. The number of rotatable bonds is 5. The molecule has 3 nitrogen and oxygen atoms in total. The topological polar surface area (TPSA) is 21.8 Å². The molecule has 1 aliphatic rings. The van der Waals surface area contributed by atoms with Crippen molar-refractivity contribution in [2.75, 3.05) is 37.6 Å². The number of anilines is 1. The van der Waals surface area contributed by atoms with Gasteiger partial charge in [-0.3, -0.25) is 4.90 Å². The second-order valence-corrected chi connectivity index (χ2v) is 5.82. The highest BCUT2D eigenvalue weighted by atomic mass is 15.3. The number of pyridine rings is 1. The SMILES string of the molecule is c1ccc(CCC[NH+]2CCN(c3cccc[nH+]3)CC2)cc1. The van der Waals surface area contributed by atoms with Crippen LogP contribution < -0.4 is 14.8 Å². The first-order valence-electron chi connectivity index (χ1n) is 8.01. The monoisotopic (exact) mass is 283 g/mol. The van der Waals surface area contributed by atoms with Crippen LogP contribution in [0.4, 0.5) is 5.82 Å². The summed E-state index contributed by atoms with van der Waals surface area (Å²) in [5.41, 5.74) is 1.47. The van der Waals surface area contributed by atoms with Gasteiger partial charge in [-0.2, -0.15) is 0 Å². The van der Waals surface area contributed by atoms with Crippen molar-refractivity contribution in [1.29, 1.82) is 0 Å². The summed E-state index contributed by atoms with van der Waals surface area (Å²) in [6, 6.07) is 17.1. The van der Waals surface area contributed by atoms with Gasteiger partial charge in [0.05, 0.1) is 12.7 Å². The molecule has 0 saturated carbocycles. The molecule has 0 spiro atoms. The van der Waals surface area contributed by atoms with Crippen LogP contribution in [0.5, 0.6) is 0 Å². The van der Waals surface area contributed by atoms with E-state index in [4.69, 9.17) is 0 Å². The zero-order valence-electron chi connectivity index (χ0n) is 12.6. The summed E-state index contributed by atoms with van der Waals surface area (Å²) >= 11 is 0. The number of quaternary nitrogens is 1. The molecule has 110 valence electrons. The number of aromatic amines is 1. The fourth-order valence-corrected chi connectivity index (χ4v) is 3.08. The highest BCUT2D eigenvalue weighted by Gasteiger charge is 2.25. The standard InChI is InChI=1S/C18H23N3/c1-2-7-17(8-3-1)9-6-12-20-13-15-21(16-14-20)18-10-4-5-11-19-18/h1-5,7-8,10-11H,6,9,12-16H2/p+2. The van der Waals surface area contributed by atoms with Crippen molar-refractivity contribution in [3.8, 4) is 0 Å². The van der Waals surface area contributed by atoms with E-state index in [1.165, 1.54) is 43.9 Å². The molecule has 0 bridgehead atoms. The van der Waals surface area contributed by atoms with Crippen LogP contribution in [0, 0.1) is 0 Å². The van der Waals surface area contributed by atoms with Gasteiger partial charge in [-0.25, -0.2) is 4.98 Å². The van der Waals surface area contributed by atoms with Gasteiger partial charge in [0.15, 0.2) is 0 Å². The lowest BCUT2D eigenvalue weighted by Crippen LogP contribution is -3.14. The molecular formula is C18H25N3+2. The van der Waals surface area contributed by atoms with Crippen LogP contribution >= 0.6 is 0 Å². The molecule has 0 radical (unpaired) electrons. The minimum Gasteiger partial charge on any atom is -0.328 e. The number of piperazine rings is 1. The van der Waals surface area contributed by atoms with Gasteiger partial charge in [-0.15, -0.1) is 0 Å². The molecule has 0 amide bonds. The highest BCUT2D eigenvalue weighted by Crippen LogP contribution is 2.05. The summed E-state index contributed by atoms with van der Waals surface area (Å²) in [5, 5.41) is 0. The van der Waals surface area contributed by atoms with Crippen molar-refractivity contribution >= 4 is 5.82 Å². The molecule has 3 heteroatoms. The van der Waals surface area contributed by atoms with Crippen molar-refractivity contribution in [1.82, 2.24) is 0 Å². The smallest absolute Gasteiger partial charge is 0.274 e. The molecule has 0 unspecified atom stereocenters. The van der Waals surface area contributed by atoms with Crippen LogP contribution in [0.2, 0.25) is 0 Å². The summed E-state index contributed by atoms with van der Waals surface area (Å²) in [6.45, 7) is 6.10. The van der Waals surface area contributed by atoms with E-state index in [2.05, 4.69) is 52.3 Å². The fraction of sp³-hybridized carbons (Fsp3) is 0.389. The number of aromatic nitrogens is 1. The minimum atomic E-state index is 1.15. The Morgan fingerprint density at radius 2 is 1.71 bits per heavy atom. The number of H-pyrrole nitrogens is 1. The lowest BCUT2D eigenvalue weighted by molar-refractivity contribution is -0.900. The molecule has 2 heterocycles. The van der Waals surface area contributed by atoms with Crippen LogP contribution in [-0.4, -0.2) is 32.7 Å². The Balaban J connectivity index is 1.40. The number of aryl methyl sites for hydroxylation is 1. The second kappa shape index (κ2) is 7.23. The molecule has 0 aliphatic carbocycles. The summed E-state index contributed by atoms with van der Waals surface area (Å²) in [7, 11) is 0. The van der Waals surface area contributed by atoms with Crippen molar-refractivity contribution in [3.05, 3.63) is 60.3 Å². The Kier molecular flexibility index (Phi) is 4.85. The summed E-state index contributed by atoms with van der Waals surface area (Å²) in [4.78, 5) is 7.54. The van der Waals surface area contributed by atoms with Crippen LogP contribution in [0.3, 0.4) is 0 Å². The lowest BCUT2D eigenvalue weighted by Gasteiger charge is -2.28. The van der Waals surface area contributed by atoms with Crippen molar-refractivity contribution < 1.29 is 9.88 Å². The molecule has 21 heavy (non-hydrogen) atoms.